The Balaban J connectivity index is 1.45. The molecule has 0 radical (unpaired) electrons. The Morgan fingerprint density at radius 3 is 2.64 bits per heavy atom. The first kappa shape index (κ1) is 18.1. The monoisotopic (exact) mass is 353 g/mol. The molecule has 3 N–H and O–H groups in total. The number of unbranched alkanes of at least 4 members (excludes halogenated alkanes) is 1. The van der Waals surface area contributed by atoms with E-state index in [1.165, 1.54) is 52.0 Å². The summed E-state index contributed by atoms with van der Waals surface area (Å²) in [5.74, 6) is 0. The van der Waals surface area contributed by atoms with Gasteiger partial charge >= 0.3 is 0 Å². The summed E-state index contributed by atoms with van der Waals surface area (Å²) in [6.45, 7) is 4.01. The van der Waals surface area contributed by atoms with Gasteiger partial charge in [-0.2, -0.15) is 4.37 Å². The molecule has 1 aromatic heterocycles. The Kier molecular flexibility index (Phi) is 6.56. The Morgan fingerprint density at radius 2 is 1.84 bits per heavy atom. The van der Waals surface area contributed by atoms with Gasteiger partial charge in [0.2, 0.25) is 0 Å². The van der Waals surface area contributed by atoms with Crippen LogP contribution in [0.25, 0.3) is 10.1 Å². The molecular weight excluding hydrogens is 326 g/mol. The van der Waals surface area contributed by atoms with E-state index in [0.29, 0.717) is 0 Å². The van der Waals surface area contributed by atoms with Gasteiger partial charge in [0.05, 0.1) is 10.4 Å². The maximum atomic E-state index is 6.36. The number of aryl methyl sites for hydroxylation is 1. The van der Waals surface area contributed by atoms with Crippen LogP contribution >= 0.6 is 11.5 Å². The van der Waals surface area contributed by atoms with E-state index in [4.69, 9.17) is 5.73 Å². The largest absolute Gasteiger partial charge is 0.323 e. The van der Waals surface area contributed by atoms with Crippen molar-refractivity contribution in [1.29, 1.82) is 0 Å². The van der Waals surface area contributed by atoms with Gasteiger partial charge in [-0.15, -0.1) is 0 Å². The van der Waals surface area contributed by atoms with E-state index >= 15 is 0 Å². The summed E-state index contributed by atoms with van der Waals surface area (Å²) < 4.78 is 5.77. The average Bonchev–Trinajstić information content (AvgIpc) is 3.08. The highest BCUT2D eigenvalue weighted by Gasteiger charge is 2.13. The second kappa shape index (κ2) is 9.09. The normalized spacial score (nSPS) is 12.6. The fourth-order valence-corrected chi connectivity index (χ4v) is 3.85. The zero-order chi connectivity index (χ0) is 17.5. The smallest absolute Gasteiger partial charge is 0.0788 e. The third-order valence-corrected chi connectivity index (χ3v) is 5.40. The number of benzene rings is 2. The summed E-state index contributed by atoms with van der Waals surface area (Å²) in [6, 6.07) is 17.3. The quantitative estimate of drug-likeness (QED) is 0.542. The van der Waals surface area contributed by atoms with E-state index in [0.717, 1.165) is 25.2 Å². The highest BCUT2D eigenvalue weighted by atomic mass is 32.1. The fraction of sp³-hybridized carbons (Fsp3) is 0.381. The molecule has 0 aliphatic carbocycles. The number of hydrogen-bond donors (Lipinski definition) is 2. The molecule has 4 heteroatoms. The van der Waals surface area contributed by atoms with Gasteiger partial charge in [0, 0.05) is 18.0 Å². The molecule has 0 aliphatic rings. The molecule has 0 saturated carbocycles. The number of nitrogens with one attached hydrogen (secondary N) is 1. The molecule has 0 bridgehead atoms. The molecule has 0 fully saturated rings. The van der Waals surface area contributed by atoms with E-state index in [1.54, 1.807) is 0 Å². The van der Waals surface area contributed by atoms with E-state index in [-0.39, 0.29) is 6.04 Å². The van der Waals surface area contributed by atoms with Crippen molar-refractivity contribution < 1.29 is 0 Å². The Bertz CT molecular complexity index is 779. The van der Waals surface area contributed by atoms with Crippen molar-refractivity contribution in [3.63, 3.8) is 0 Å². The lowest BCUT2D eigenvalue weighted by atomic mass is 10.1. The summed E-state index contributed by atoms with van der Waals surface area (Å²) in [5, 5.41) is 4.70. The number of rotatable bonds is 9. The Hall–Kier alpha value is -1.75. The molecule has 3 aromatic rings. The average molecular weight is 354 g/mol. The van der Waals surface area contributed by atoms with Gasteiger partial charge in [0.25, 0.3) is 0 Å². The van der Waals surface area contributed by atoms with Gasteiger partial charge in [-0.05, 0) is 54.5 Å². The predicted molar refractivity (Wildman–Crippen MR) is 108 cm³/mol. The first-order valence-electron chi connectivity index (χ1n) is 9.16. The standard InChI is InChI=1S/C21H27N3S/c1-2-3-6-16-9-11-17(12-10-16)15-23-14-13-19(22)21-18-7-4-5-8-20(18)25-24-21/h4-5,7-12,19,23H,2-3,6,13-15,22H2,1H3. The van der Waals surface area contributed by atoms with Gasteiger partial charge in [-0.3, -0.25) is 0 Å². The summed E-state index contributed by atoms with van der Waals surface area (Å²) in [7, 11) is 0. The number of hydrogen-bond acceptors (Lipinski definition) is 4. The molecule has 0 saturated heterocycles. The van der Waals surface area contributed by atoms with Crippen molar-refractivity contribution in [2.24, 2.45) is 5.73 Å². The fourth-order valence-electron chi connectivity index (χ4n) is 3.00. The van der Waals surface area contributed by atoms with Crippen molar-refractivity contribution in [3.8, 4) is 0 Å². The minimum absolute atomic E-state index is 0.0138. The molecule has 3 nitrogen and oxygen atoms in total. The third-order valence-electron chi connectivity index (χ3n) is 4.56. The molecule has 0 amide bonds. The number of aromatic nitrogens is 1. The molecular formula is C21H27N3S. The SMILES string of the molecule is CCCCc1ccc(CNCCC(N)c2nsc3ccccc23)cc1. The topological polar surface area (TPSA) is 50.9 Å². The molecule has 0 aliphatic heterocycles. The van der Waals surface area contributed by atoms with E-state index in [9.17, 15) is 0 Å². The minimum atomic E-state index is -0.0138. The first-order valence-corrected chi connectivity index (χ1v) is 9.93. The molecule has 0 spiro atoms. The summed E-state index contributed by atoms with van der Waals surface area (Å²) in [6.07, 6.45) is 4.58. The van der Waals surface area contributed by atoms with Crippen LogP contribution in [0.15, 0.2) is 48.5 Å². The zero-order valence-corrected chi connectivity index (χ0v) is 15.7. The van der Waals surface area contributed by atoms with Gasteiger partial charge in [-0.25, -0.2) is 0 Å². The number of fused-ring (bicyclic) bond motifs is 1. The maximum Gasteiger partial charge on any atom is 0.0788 e. The molecule has 1 heterocycles. The van der Waals surface area contributed by atoms with Crippen LogP contribution in [0, 0.1) is 0 Å². The van der Waals surface area contributed by atoms with Crippen LogP contribution in [0.1, 0.15) is 49.0 Å². The van der Waals surface area contributed by atoms with Crippen molar-refractivity contribution in [2.45, 2.75) is 45.2 Å². The van der Waals surface area contributed by atoms with E-state index in [2.05, 4.69) is 59.1 Å². The van der Waals surface area contributed by atoms with Gasteiger partial charge in [0.15, 0.2) is 0 Å². The molecule has 3 rings (SSSR count). The molecule has 25 heavy (non-hydrogen) atoms. The Labute approximate surface area is 154 Å². The molecule has 1 atom stereocenters. The Morgan fingerprint density at radius 1 is 1.08 bits per heavy atom. The van der Waals surface area contributed by atoms with Gasteiger partial charge in [0.1, 0.15) is 0 Å². The molecule has 2 aromatic carbocycles. The highest BCUT2D eigenvalue weighted by molar-refractivity contribution is 7.13. The lowest BCUT2D eigenvalue weighted by Crippen LogP contribution is -2.21. The maximum absolute atomic E-state index is 6.36. The van der Waals surface area contributed by atoms with E-state index < -0.39 is 0 Å². The highest BCUT2D eigenvalue weighted by Crippen LogP contribution is 2.27. The van der Waals surface area contributed by atoms with Crippen LogP contribution in [0.2, 0.25) is 0 Å². The van der Waals surface area contributed by atoms with Crippen LogP contribution in [0.5, 0.6) is 0 Å². The van der Waals surface area contributed by atoms with Crippen LogP contribution in [-0.4, -0.2) is 10.9 Å². The van der Waals surface area contributed by atoms with Crippen molar-refractivity contribution in [1.82, 2.24) is 9.69 Å². The van der Waals surface area contributed by atoms with Crippen LogP contribution in [0.4, 0.5) is 0 Å². The first-order chi connectivity index (χ1) is 12.3. The second-order valence-corrected chi connectivity index (χ2v) is 7.36. The minimum Gasteiger partial charge on any atom is -0.323 e. The van der Waals surface area contributed by atoms with Crippen LogP contribution in [0.3, 0.4) is 0 Å². The van der Waals surface area contributed by atoms with E-state index in [1.807, 2.05) is 6.07 Å². The second-order valence-electron chi connectivity index (χ2n) is 6.56. The zero-order valence-electron chi connectivity index (χ0n) is 14.9. The summed E-state index contributed by atoms with van der Waals surface area (Å²) in [5.41, 5.74) is 10.1. The van der Waals surface area contributed by atoms with Crippen LogP contribution in [-0.2, 0) is 13.0 Å². The predicted octanol–water partition coefficient (Wildman–Crippen LogP) is 4.82. The van der Waals surface area contributed by atoms with Crippen LogP contribution < -0.4 is 11.1 Å². The molecule has 132 valence electrons. The number of nitrogens with zero attached hydrogens (tertiary/aromatic N) is 1. The lowest BCUT2D eigenvalue weighted by Gasteiger charge is -2.11. The van der Waals surface area contributed by atoms with Crippen molar-refractivity contribution in [3.05, 3.63) is 65.4 Å². The summed E-state index contributed by atoms with van der Waals surface area (Å²) in [4.78, 5) is 0. The lowest BCUT2D eigenvalue weighted by molar-refractivity contribution is 0.576. The van der Waals surface area contributed by atoms with Gasteiger partial charge in [-0.1, -0.05) is 55.8 Å². The number of nitrogens with two attached hydrogens (primary N) is 1. The van der Waals surface area contributed by atoms with Gasteiger partial charge < -0.3 is 11.1 Å². The molecule has 1 unspecified atom stereocenters. The van der Waals surface area contributed by atoms with Crippen molar-refractivity contribution >= 4 is 21.6 Å². The third kappa shape index (κ3) is 4.88. The summed E-state index contributed by atoms with van der Waals surface area (Å²) >= 11 is 1.53. The van der Waals surface area contributed by atoms with Crippen molar-refractivity contribution in [2.75, 3.05) is 6.54 Å².